The zero-order chi connectivity index (χ0) is 23.8. The van der Waals surface area contributed by atoms with Crippen molar-refractivity contribution in [2.24, 2.45) is 0 Å². The molecule has 0 spiro atoms. The van der Waals surface area contributed by atoms with Crippen LogP contribution in [0.15, 0.2) is 53.3 Å². The number of H-pyrrole nitrogens is 1. The highest BCUT2D eigenvalue weighted by Crippen LogP contribution is 2.32. The zero-order valence-corrected chi connectivity index (χ0v) is 19.6. The molecule has 4 aromatic rings. The number of aryl methyl sites for hydroxylation is 2. The third-order valence-electron chi connectivity index (χ3n) is 6.50. The molecule has 1 amide bonds. The smallest absolute Gasteiger partial charge is 0.256 e. The van der Waals surface area contributed by atoms with Crippen molar-refractivity contribution in [3.05, 3.63) is 87.0 Å². The first-order valence-electron chi connectivity index (χ1n) is 11.5. The highest BCUT2D eigenvalue weighted by atomic mass is 16.5. The summed E-state index contributed by atoms with van der Waals surface area (Å²) in [7, 11) is 1.52. The molecule has 0 unspecified atom stereocenters. The number of amides is 1. The summed E-state index contributed by atoms with van der Waals surface area (Å²) in [6.45, 7) is 4.82. The fourth-order valence-corrected chi connectivity index (χ4v) is 4.88. The molecule has 174 valence electrons. The Bertz CT molecular complexity index is 1460. The Labute approximate surface area is 197 Å². The molecule has 0 atom stereocenters. The van der Waals surface area contributed by atoms with Crippen LogP contribution in [0.1, 0.15) is 39.3 Å². The van der Waals surface area contributed by atoms with Gasteiger partial charge in [0, 0.05) is 34.7 Å². The molecule has 2 aromatic heterocycles. The number of fused-ring (bicyclic) bond motifs is 2. The van der Waals surface area contributed by atoms with E-state index in [1.54, 1.807) is 13.0 Å². The number of carbonyl (C=O) groups excluding carboxylic acids is 1. The summed E-state index contributed by atoms with van der Waals surface area (Å²) in [5.41, 5.74) is 6.77. The van der Waals surface area contributed by atoms with Crippen LogP contribution in [0.2, 0.25) is 0 Å². The van der Waals surface area contributed by atoms with Gasteiger partial charge < -0.3 is 24.9 Å². The van der Waals surface area contributed by atoms with Gasteiger partial charge in [-0.2, -0.15) is 0 Å². The average molecular weight is 457 g/mol. The van der Waals surface area contributed by atoms with Crippen molar-refractivity contribution in [2.45, 2.75) is 33.2 Å². The van der Waals surface area contributed by atoms with Gasteiger partial charge in [0.2, 0.25) is 0 Å². The maximum atomic E-state index is 13.4. The lowest BCUT2D eigenvalue weighted by Crippen LogP contribution is -2.28. The third kappa shape index (κ3) is 3.73. The summed E-state index contributed by atoms with van der Waals surface area (Å²) in [5.74, 6) is 0.234. The van der Waals surface area contributed by atoms with Crippen LogP contribution in [0.25, 0.3) is 16.6 Å². The monoisotopic (exact) mass is 456 g/mol. The molecular formula is C27H28N4O3. The second kappa shape index (κ2) is 8.74. The number of nitrogens with one attached hydrogen (secondary N) is 3. The van der Waals surface area contributed by atoms with E-state index in [2.05, 4.69) is 38.4 Å². The van der Waals surface area contributed by atoms with E-state index in [1.165, 1.54) is 18.4 Å². The summed E-state index contributed by atoms with van der Waals surface area (Å²) in [5, 5.41) is 7.26. The van der Waals surface area contributed by atoms with Gasteiger partial charge in [0.1, 0.15) is 5.75 Å². The second-order valence-electron chi connectivity index (χ2n) is 8.70. The molecule has 2 aromatic carbocycles. The Balaban J connectivity index is 1.54. The molecule has 34 heavy (non-hydrogen) atoms. The Hall–Kier alpha value is -4.00. The Morgan fingerprint density at radius 2 is 1.97 bits per heavy atom. The van der Waals surface area contributed by atoms with E-state index in [1.807, 2.05) is 31.2 Å². The van der Waals surface area contributed by atoms with Gasteiger partial charge in [0.15, 0.2) is 0 Å². The number of methoxy groups -OCH3 is 1. The Morgan fingerprint density at radius 3 is 2.79 bits per heavy atom. The van der Waals surface area contributed by atoms with Crippen LogP contribution < -0.4 is 20.9 Å². The van der Waals surface area contributed by atoms with Gasteiger partial charge in [0.05, 0.1) is 30.3 Å². The van der Waals surface area contributed by atoms with Crippen molar-refractivity contribution >= 4 is 22.5 Å². The lowest BCUT2D eigenvalue weighted by Gasteiger charge is -2.19. The van der Waals surface area contributed by atoms with Crippen molar-refractivity contribution in [1.82, 2.24) is 14.9 Å². The number of pyridine rings is 1. The first-order valence-corrected chi connectivity index (χ1v) is 11.5. The van der Waals surface area contributed by atoms with Crippen molar-refractivity contribution in [2.75, 3.05) is 19.0 Å². The predicted octanol–water partition coefficient (Wildman–Crippen LogP) is 4.23. The quantitative estimate of drug-likeness (QED) is 0.419. The number of hydrogen-bond acceptors (Lipinski definition) is 4. The van der Waals surface area contributed by atoms with Crippen molar-refractivity contribution in [3.8, 4) is 11.4 Å². The second-order valence-corrected chi connectivity index (χ2v) is 8.70. The van der Waals surface area contributed by atoms with Crippen LogP contribution in [0.5, 0.6) is 5.75 Å². The molecule has 0 fully saturated rings. The summed E-state index contributed by atoms with van der Waals surface area (Å²) in [6, 6.07) is 16.1. The van der Waals surface area contributed by atoms with Crippen molar-refractivity contribution < 1.29 is 9.53 Å². The molecule has 0 aliphatic carbocycles. The maximum absolute atomic E-state index is 13.4. The van der Waals surface area contributed by atoms with Gasteiger partial charge >= 0.3 is 0 Å². The zero-order valence-electron chi connectivity index (χ0n) is 19.6. The lowest BCUT2D eigenvalue weighted by atomic mass is 10.0. The molecule has 0 radical (unpaired) electrons. The SMILES string of the molecule is COc1cc(C)[nH]c(=O)c1CNC(=O)c1c(C)n(-c2ccc3c(c2)CCCN3)c2ccccc12. The molecule has 0 saturated carbocycles. The molecule has 3 N–H and O–H groups in total. The first-order chi connectivity index (χ1) is 16.5. The number of para-hydroxylation sites is 1. The number of aromatic nitrogens is 2. The molecular weight excluding hydrogens is 428 g/mol. The number of anilines is 1. The topological polar surface area (TPSA) is 88.2 Å². The molecule has 3 heterocycles. The number of ether oxygens (including phenoxy) is 1. The standard InChI is InChI=1S/C27H28N4O3/c1-16-13-24(34-3)21(26(32)30-16)15-29-27(33)25-17(2)31(23-9-5-4-8-20(23)25)19-10-11-22-18(14-19)7-6-12-28-22/h4-5,8-11,13-14,28H,6-7,12,15H2,1-3H3,(H,29,33)(H,30,32). The first kappa shape index (κ1) is 21.8. The molecule has 0 saturated heterocycles. The summed E-state index contributed by atoms with van der Waals surface area (Å²) in [6.07, 6.45) is 2.14. The van der Waals surface area contributed by atoms with Crippen LogP contribution in [0.3, 0.4) is 0 Å². The highest BCUT2D eigenvalue weighted by molar-refractivity contribution is 6.09. The van der Waals surface area contributed by atoms with E-state index in [0.29, 0.717) is 22.6 Å². The highest BCUT2D eigenvalue weighted by Gasteiger charge is 2.22. The summed E-state index contributed by atoms with van der Waals surface area (Å²) in [4.78, 5) is 28.7. The van der Waals surface area contributed by atoms with Gasteiger partial charge in [-0.05, 0) is 62.6 Å². The minimum absolute atomic E-state index is 0.0705. The number of benzene rings is 2. The van der Waals surface area contributed by atoms with E-state index in [9.17, 15) is 9.59 Å². The van der Waals surface area contributed by atoms with Crippen LogP contribution in [0.4, 0.5) is 5.69 Å². The average Bonchev–Trinajstić information content (AvgIpc) is 3.14. The van der Waals surface area contributed by atoms with E-state index in [0.717, 1.165) is 41.7 Å². The Kier molecular flexibility index (Phi) is 5.61. The number of carbonyl (C=O) groups is 1. The molecule has 7 heteroatoms. The van der Waals surface area contributed by atoms with Crippen LogP contribution in [-0.4, -0.2) is 29.1 Å². The fraction of sp³-hybridized carbons (Fsp3) is 0.259. The number of rotatable bonds is 5. The largest absolute Gasteiger partial charge is 0.496 e. The van der Waals surface area contributed by atoms with E-state index >= 15 is 0 Å². The Morgan fingerprint density at radius 1 is 1.15 bits per heavy atom. The van der Waals surface area contributed by atoms with Crippen LogP contribution in [-0.2, 0) is 13.0 Å². The molecule has 0 bridgehead atoms. The van der Waals surface area contributed by atoms with Crippen molar-refractivity contribution in [1.29, 1.82) is 0 Å². The van der Waals surface area contributed by atoms with Gasteiger partial charge in [-0.15, -0.1) is 0 Å². The predicted molar refractivity (Wildman–Crippen MR) is 134 cm³/mol. The summed E-state index contributed by atoms with van der Waals surface area (Å²) >= 11 is 0. The molecule has 1 aliphatic rings. The molecule has 7 nitrogen and oxygen atoms in total. The van der Waals surface area contributed by atoms with Gasteiger partial charge in [-0.1, -0.05) is 18.2 Å². The van der Waals surface area contributed by atoms with Gasteiger partial charge in [0.25, 0.3) is 11.5 Å². The molecule has 1 aliphatic heterocycles. The van der Waals surface area contributed by atoms with Crippen molar-refractivity contribution in [3.63, 3.8) is 0 Å². The fourth-order valence-electron chi connectivity index (χ4n) is 4.88. The third-order valence-corrected chi connectivity index (χ3v) is 6.50. The van der Waals surface area contributed by atoms with E-state index in [-0.39, 0.29) is 18.0 Å². The number of hydrogen-bond donors (Lipinski definition) is 3. The minimum atomic E-state index is -0.265. The maximum Gasteiger partial charge on any atom is 0.256 e. The number of aromatic amines is 1. The lowest BCUT2D eigenvalue weighted by molar-refractivity contribution is 0.0951. The van der Waals surface area contributed by atoms with Gasteiger partial charge in [-0.25, -0.2) is 0 Å². The molecule has 5 rings (SSSR count). The van der Waals surface area contributed by atoms with Gasteiger partial charge in [-0.3, -0.25) is 9.59 Å². The number of nitrogens with zero attached hydrogens (tertiary/aromatic N) is 1. The minimum Gasteiger partial charge on any atom is -0.496 e. The summed E-state index contributed by atoms with van der Waals surface area (Å²) < 4.78 is 7.50. The van der Waals surface area contributed by atoms with Crippen LogP contribution in [0, 0.1) is 13.8 Å². The van der Waals surface area contributed by atoms with Crippen LogP contribution >= 0.6 is 0 Å². The normalized spacial score (nSPS) is 12.8. The van der Waals surface area contributed by atoms with E-state index in [4.69, 9.17) is 4.74 Å². The van der Waals surface area contributed by atoms with E-state index < -0.39 is 0 Å².